The average Bonchev–Trinajstić information content (AvgIpc) is 2.70. The fourth-order valence-corrected chi connectivity index (χ4v) is 1.97. The Hall–Kier alpha value is -0.790. The first kappa shape index (κ1) is 7.84. The summed E-state index contributed by atoms with van der Waals surface area (Å²) < 4.78 is 1.89. The highest BCUT2D eigenvalue weighted by atomic mass is 15.2. The van der Waals surface area contributed by atoms with Gasteiger partial charge in [0.25, 0.3) is 0 Å². The molecule has 2 nitrogen and oxygen atoms in total. The summed E-state index contributed by atoms with van der Waals surface area (Å²) in [6, 6.07) is 0. The molecular formula is C10H16N2. The first-order chi connectivity index (χ1) is 5.68. The van der Waals surface area contributed by atoms with Gasteiger partial charge in [-0.3, -0.25) is 4.68 Å². The molecule has 1 aromatic rings. The van der Waals surface area contributed by atoms with E-state index in [-0.39, 0.29) is 0 Å². The molecule has 0 radical (unpaired) electrons. The van der Waals surface area contributed by atoms with Gasteiger partial charge in [-0.05, 0) is 29.7 Å². The highest BCUT2D eigenvalue weighted by Gasteiger charge is 2.40. The molecule has 2 heteroatoms. The second-order valence-electron chi connectivity index (χ2n) is 4.20. The van der Waals surface area contributed by atoms with Gasteiger partial charge in [0.05, 0.1) is 6.20 Å². The van der Waals surface area contributed by atoms with Crippen molar-refractivity contribution < 1.29 is 0 Å². The average molecular weight is 164 g/mol. The zero-order valence-electron chi connectivity index (χ0n) is 7.99. The van der Waals surface area contributed by atoms with Gasteiger partial charge in [-0.15, -0.1) is 0 Å². The predicted octanol–water partition coefficient (Wildman–Crippen LogP) is 2.18. The summed E-state index contributed by atoms with van der Waals surface area (Å²) in [5.74, 6) is 2.54. The lowest BCUT2D eigenvalue weighted by Crippen LogP contribution is -1.91. The first-order valence-corrected chi connectivity index (χ1v) is 4.67. The molecule has 1 fully saturated rings. The van der Waals surface area contributed by atoms with Gasteiger partial charge in [0.15, 0.2) is 0 Å². The monoisotopic (exact) mass is 164 g/mol. The molecule has 12 heavy (non-hydrogen) atoms. The van der Waals surface area contributed by atoms with Crippen LogP contribution in [0.5, 0.6) is 0 Å². The third-order valence-electron chi connectivity index (χ3n) is 2.85. The van der Waals surface area contributed by atoms with E-state index in [0.717, 1.165) is 17.8 Å². The summed E-state index contributed by atoms with van der Waals surface area (Å²) in [6.07, 6.45) is 5.52. The van der Waals surface area contributed by atoms with Crippen LogP contribution in [0.25, 0.3) is 0 Å². The normalized spacial score (nSPS) is 28.0. The van der Waals surface area contributed by atoms with Crippen molar-refractivity contribution in [3.05, 3.63) is 18.0 Å². The molecule has 1 aliphatic rings. The number of nitrogens with zero attached hydrogens (tertiary/aromatic N) is 2. The van der Waals surface area contributed by atoms with Gasteiger partial charge in [0, 0.05) is 13.2 Å². The van der Waals surface area contributed by atoms with E-state index in [1.165, 1.54) is 12.0 Å². The second kappa shape index (κ2) is 2.61. The van der Waals surface area contributed by atoms with E-state index in [4.69, 9.17) is 0 Å². The second-order valence-corrected chi connectivity index (χ2v) is 4.20. The molecule has 0 spiro atoms. The van der Waals surface area contributed by atoms with Crippen molar-refractivity contribution in [3.63, 3.8) is 0 Å². The molecule has 2 rings (SSSR count). The maximum atomic E-state index is 4.19. The lowest BCUT2D eigenvalue weighted by Gasteiger charge is -2.00. The molecule has 0 N–H and O–H groups in total. The van der Waals surface area contributed by atoms with Crippen molar-refractivity contribution in [2.24, 2.45) is 18.9 Å². The molecule has 0 aromatic carbocycles. The van der Waals surface area contributed by atoms with Crippen LogP contribution in [-0.4, -0.2) is 9.78 Å². The highest BCUT2D eigenvalue weighted by molar-refractivity contribution is 5.20. The number of hydrogen-bond donors (Lipinski definition) is 0. The van der Waals surface area contributed by atoms with E-state index in [1.807, 2.05) is 17.9 Å². The molecule has 1 heterocycles. The zero-order chi connectivity index (χ0) is 8.72. The van der Waals surface area contributed by atoms with E-state index in [0.29, 0.717) is 0 Å². The Kier molecular flexibility index (Phi) is 1.71. The van der Waals surface area contributed by atoms with Crippen molar-refractivity contribution in [1.82, 2.24) is 9.78 Å². The minimum atomic E-state index is 0.804. The molecule has 0 unspecified atom stereocenters. The van der Waals surface area contributed by atoms with Crippen LogP contribution in [0.1, 0.15) is 31.7 Å². The van der Waals surface area contributed by atoms with Crippen LogP contribution in [0.15, 0.2) is 12.4 Å². The number of aryl methyl sites for hydroxylation is 1. The number of aromatic nitrogens is 2. The Balaban J connectivity index is 2.05. The van der Waals surface area contributed by atoms with E-state index in [1.54, 1.807) is 0 Å². The molecule has 1 aliphatic carbocycles. The van der Waals surface area contributed by atoms with Crippen LogP contribution < -0.4 is 0 Å². The summed E-state index contributed by atoms with van der Waals surface area (Å²) >= 11 is 0. The smallest absolute Gasteiger partial charge is 0.0524 e. The molecule has 0 amide bonds. The quantitative estimate of drug-likeness (QED) is 0.655. The lowest BCUT2D eigenvalue weighted by molar-refractivity contribution is 0.548. The third kappa shape index (κ3) is 1.26. The van der Waals surface area contributed by atoms with Gasteiger partial charge in [0.2, 0.25) is 0 Å². The largest absolute Gasteiger partial charge is 0.276 e. The standard InChI is InChI=1S/C10H16N2/c1-7(2)9-4-10(9)8-5-11-12(3)6-8/h5-7,9-10H,4H2,1-3H3/t9-,10-/m0/s1. The van der Waals surface area contributed by atoms with Crippen LogP contribution in [0.2, 0.25) is 0 Å². The minimum absolute atomic E-state index is 0.804. The van der Waals surface area contributed by atoms with Gasteiger partial charge in [-0.1, -0.05) is 13.8 Å². The van der Waals surface area contributed by atoms with Gasteiger partial charge < -0.3 is 0 Å². The van der Waals surface area contributed by atoms with Crippen LogP contribution in [0.4, 0.5) is 0 Å². The maximum absolute atomic E-state index is 4.19. The molecule has 0 bridgehead atoms. The van der Waals surface area contributed by atoms with Crippen LogP contribution in [0, 0.1) is 11.8 Å². The van der Waals surface area contributed by atoms with Gasteiger partial charge in [0.1, 0.15) is 0 Å². The Morgan fingerprint density at radius 1 is 1.58 bits per heavy atom. The Bertz CT molecular complexity index is 275. The summed E-state index contributed by atoms with van der Waals surface area (Å²) in [7, 11) is 1.98. The van der Waals surface area contributed by atoms with Crippen LogP contribution >= 0.6 is 0 Å². The molecule has 0 aliphatic heterocycles. The summed E-state index contributed by atoms with van der Waals surface area (Å²) in [4.78, 5) is 0. The number of rotatable bonds is 2. The summed E-state index contributed by atoms with van der Waals surface area (Å²) in [5, 5.41) is 4.19. The van der Waals surface area contributed by atoms with E-state index >= 15 is 0 Å². The Morgan fingerprint density at radius 3 is 2.75 bits per heavy atom. The molecule has 0 saturated heterocycles. The third-order valence-corrected chi connectivity index (χ3v) is 2.85. The van der Waals surface area contributed by atoms with E-state index in [2.05, 4.69) is 25.1 Å². The van der Waals surface area contributed by atoms with Crippen LogP contribution in [-0.2, 0) is 7.05 Å². The fourth-order valence-electron chi connectivity index (χ4n) is 1.97. The summed E-state index contributed by atoms with van der Waals surface area (Å²) in [5.41, 5.74) is 1.43. The van der Waals surface area contributed by atoms with E-state index < -0.39 is 0 Å². The number of hydrogen-bond acceptors (Lipinski definition) is 1. The lowest BCUT2D eigenvalue weighted by atomic mass is 10.1. The van der Waals surface area contributed by atoms with Gasteiger partial charge in [-0.25, -0.2) is 0 Å². The van der Waals surface area contributed by atoms with Crippen molar-refractivity contribution >= 4 is 0 Å². The summed E-state index contributed by atoms with van der Waals surface area (Å²) in [6.45, 7) is 4.61. The van der Waals surface area contributed by atoms with Crippen molar-refractivity contribution in [2.45, 2.75) is 26.2 Å². The van der Waals surface area contributed by atoms with Crippen molar-refractivity contribution in [3.8, 4) is 0 Å². The molecule has 66 valence electrons. The van der Waals surface area contributed by atoms with E-state index in [9.17, 15) is 0 Å². The van der Waals surface area contributed by atoms with Crippen molar-refractivity contribution in [1.29, 1.82) is 0 Å². The predicted molar refractivity (Wildman–Crippen MR) is 48.9 cm³/mol. The Labute approximate surface area is 73.6 Å². The molecule has 2 atom stereocenters. The first-order valence-electron chi connectivity index (χ1n) is 4.67. The Morgan fingerprint density at radius 2 is 2.33 bits per heavy atom. The highest BCUT2D eigenvalue weighted by Crippen LogP contribution is 2.51. The molecule has 1 aromatic heterocycles. The van der Waals surface area contributed by atoms with Crippen LogP contribution in [0.3, 0.4) is 0 Å². The maximum Gasteiger partial charge on any atom is 0.0524 e. The topological polar surface area (TPSA) is 17.8 Å². The van der Waals surface area contributed by atoms with Gasteiger partial charge >= 0.3 is 0 Å². The SMILES string of the molecule is CC(C)[C@@H]1C[C@H]1c1cnn(C)c1. The van der Waals surface area contributed by atoms with Gasteiger partial charge in [-0.2, -0.15) is 5.10 Å². The van der Waals surface area contributed by atoms with Crippen molar-refractivity contribution in [2.75, 3.05) is 0 Å². The molecule has 1 saturated carbocycles. The fraction of sp³-hybridized carbons (Fsp3) is 0.700. The molecular weight excluding hydrogens is 148 g/mol. The zero-order valence-corrected chi connectivity index (χ0v) is 7.99. The minimum Gasteiger partial charge on any atom is -0.276 e.